The minimum absolute atomic E-state index is 0.367. The predicted molar refractivity (Wildman–Crippen MR) is 143 cm³/mol. The first-order chi connectivity index (χ1) is 17.3. The predicted octanol–water partition coefficient (Wildman–Crippen LogP) is 7.19. The highest BCUT2D eigenvalue weighted by atomic mass is 16.5. The lowest BCUT2D eigenvalue weighted by Gasteiger charge is -2.40. The fourth-order valence-corrected chi connectivity index (χ4v) is 7.00. The van der Waals surface area contributed by atoms with Gasteiger partial charge in [0.15, 0.2) is 0 Å². The van der Waals surface area contributed by atoms with E-state index >= 15 is 0 Å². The summed E-state index contributed by atoms with van der Waals surface area (Å²) in [6.45, 7) is 1.30. The van der Waals surface area contributed by atoms with Crippen molar-refractivity contribution >= 4 is 6.08 Å². The second-order valence-corrected chi connectivity index (χ2v) is 10.4. The van der Waals surface area contributed by atoms with E-state index in [1.807, 2.05) is 0 Å². The van der Waals surface area contributed by atoms with Crippen LogP contribution in [0.4, 0.5) is 0 Å². The Balaban J connectivity index is 1.06. The molecule has 1 aromatic carbocycles. The van der Waals surface area contributed by atoms with Crippen LogP contribution in [0.5, 0.6) is 0 Å². The molecule has 0 fully saturated rings. The number of hydrogen-bond acceptors (Lipinski definition) is 1. The summed E-state index contributed by atoms with van der Waals surface area (Å²) in [6, 6.07) is 6.73. The van der Waals surface area contributed by atoms with Crippen LogP contribution in [0.15, 0.2) is 142 Å². The molecule has 1 aromatic rings. The monoisotopic (exact) mass is 450 g/mol. The number of ether oxygens (including phenoxy) is 1. The summed E-state index contributed by atoms with van der Waals surface area (Å²) in [5, 5.41) is 0. The molecule has 168 valence electrons. The highest BCUT2D eigenvalue weighted by molar-refractivity contribution is 5.73. The molecule has 8 rings (SSSR count). The normalized spacial score (nSPS) is 27.8. The second kappa shape index (κ2) is 7.41. The van der Waals surface area contributed by atoms with Crippen LogP contribution >= 0.6 is 0 Å². The van der Waals surface area contributed by atoms with Gasteiger partial charge in [-0.25, -0.2) is 0 Å². The molecule has 1 nitrogen and oxygen atoms in total. The molecule has 0 heterocycles. The van der Waals surface area contributed by atoms with E-state index in [2.05, 4.69) is 103 Å². The van der Waals surface area contributed by atoms with Crippen molar-refractivity contribution < 1.29 is 4.74 Å². The Hall–Kier alpha value is -3.68. The molecule has 0 amide bonds. The van der Waals surface area contributed by atoms with Gasteiger partial charge in [0.25, 0.3) is 0 Å². The zero-order valence-electron chi connectivity index (χ0n) is 19.6. The van der Waals surface area contributed by atoms with Gasteiger partial charge in [-0.1, -0.05) is 103 Å². The quantitative estimate of drug-likeness (QED) is 0.472. The zero-order chi connectivity index (χ0) is 22.9. The fourth-order valence-electron chi connectivity index (χ4n) is 7.00. The van der Waals surface area contributed by atoms with E-state index in [4.69, 9.17) is 4.74 Å². The Bertz CT molecular complexity index is 1530. The molecule has 0 bridgehead atoms. The first-order valence-electron chi connectivity index (χ1n) is 12.7. The van der Waals surface area contributed by atoms with Gasteiger partial charge in [-0.2, -0.15) is 0 Å². The lowest BCUT2D eigenvalue weighted by atomic mass is 9.63. The molecule has 0 spiro atoms. The third-order valence-electron chi connectivity index (χ3n) is 8.62. The van der Waals surface area contributed by atoms with Gasteiger partial charge < -0.3 is 4.74 Å². The van der Waals surface area contributed by atoms with Crippen molar-refractivity contribution in [1.29, 1.82) is 0 Å². The fraction of sp³-hybridized carbons (Fsp3) is 0.176. The highest BCUT2D eigenvalue weighted by Gasteiger charge is 2.38. The van der Waals surface area contributed by atoms with Crippen LogP contribution < -0.4 is 0 Å². The third kappa shape index (κ3) is 2.85. The average molecular weight is 451 g/mol. The van der Waals surface area contributed by atoms with Crippen molar-refractivity contribution in [2.45, 2.75) is 12.3 Å². The number of benzene rings is 1. The largest absolute Gasteiger partial charge is 0.372 e. The highest BCUT2D eigenvalue weighted by Crippen LogP contribution is 2.50. The van der Waals surface area contributed by atoms with Gasteiger partial charge in [0.2, 0.25) is 0 Å². The van der Waals surface area contributed by atoms with Crippen LogP contribution in [0.25, 0.3) is 6.08 Å². The number of rotatable bonds is 4. The van der Waals surface area contributed by atoms with E-state index in [9.17, 15) is 0 Å². The summed E-state index contributed by atoms with van der Waals surface area (Å²) in [6.07, 6.45) is 33.1. The van der Waals surface area contributed by atoms with E-state index < -0.39 is 0 Å². The van der Waals surface area contributed by atoms with Crippen LogP contribution in [-0.2, 0) is 11.2 Å². The van der Waals surface area contributed by atoms with Crippen LogP contribution in [-0.4, -0.2) is 13.2 Å². The Labute approximate surface area is 206 Å². The smallest absolute Gasteiger partial charge is 0.0724 e. The van der Waals surface area contributed by atoms with Crippen molar-refractivity contribution in [2.75, 3.05) is 13.2 Å². The first kappa shape index (κ1) is 19.6. The van der Waals surface area contributed by atoms with Gasteiger partial charge >= 0.3 is 0 Å². The first-order valence-corrected chi connectivity index (χ1v) is 12.7. The maximum Gasteiger partial charge on any atom is 0.0724 e. The molecule has 0 aliphatic heterocycles. The summed E-state index contributed by atoms with van der Waals surface area (Å²) in [5.41, 5.74) is 15.5. The zero-order valence-corrected chi connectivity index (χ0v) is 19.6. The van der Waals surface area contributed by atoms with E-state index in [1.54, 1.807) is 0 Å². The van der Waals surface area contributed by atoms with Gasteiger partial charge in [0, 0.05) is 17.8 Å². The molecule has 1 heteroatoms. The molecular weight excluding hydrogens is 424 g/mol. The minimum Gasteiger partial charge on any atom is -0.372 e. The van der Waals surface area contributed by atoms with E-state index in [1.165, 1.54) is 61.3 Å². The van der Waals surface area contributed by atoms with E-state index in [0.717, 1.165) is 6.42 Å². The van der Waals surface area contributed by atoms with Gasteiger partial charge in [-0.3, -0.25) is 0 Å². The van der Waals surface area contributed by atoms with Crippen LogP contribution in [0, 0.1) is 11.8 Å². The maximum atomic E-state index is 6.44. The topological polar surface area (TPSA) is 9.23 Å². The average Bonchev–Trinajstić information content (AvgIpc) is 2.91. The molecule has 0 N–H and O–H groups in total. The van der Waals surface area contributed by atoms with Crippen molar-refractivity contribution in [3.63, 3.8) is 0 Å². The molecule has 0 saturated heterocycles. The van der Waals surface area contributed by atoms with Gasteiger partial charge in [-0.05, 0) is 67.7 Å². The maximum absolute atomic E-state index is 6.44. The Morgan fingerprint density at radius 1 is 0.714 bits per heavy atom. The molecule has 0 aromatic heterocycles. The summed E-state index contributed by atoms with van der Waals surface area (Å²) in [7, 11) is 0. The van der Waals surface area contributed by atoms with Crippen molar-refractivity contribution in [2.24, 2.45) is 11.8 Å². The summed E-state index contributed by atoms with van der Waals surface area (Å²) < 4.78 is 6.44. The minimum atomic E-state index is 0.367. The Kier molecular flexibility index (Phi) is 4.15. The third-order valence-corrected chi connectivity index (χ3v) is 8.62. The molecule has 3 atom stereocenters. The summed E-state index contributed by atoms with van der Waals surface area (Å²) >= 11 is 0. The lowest BCUT2D eigenvalue weighted by Crippen LogP contribution is -2.29. The molecule has 0 radical (unpaired) electrons. The molecule has 0 unspecified atom stereocenters. The molecule has 7 aliphatic carbocycles. The van der Waals surface area contributed by atoms with Crippen molar-refractivity contribution in [1.82, 2.24) is 0 Å². The second-order valence-electron chi connectivity index (χ2n) is 10.4. The van der Waals surface area contributed by atoms with Gasteiger partial charge in [0.1, 0.15) is 0 Å². The summed E-state index contributed by atoms with van der Waals surface area (Å²) in [4.78, 5) is 0. The van der Waals surface area contributed by atoms with E-state index in [-0.39, 0.29) is 0 Å². The van der Waals surface area contributed by atoms with Gasteiger partial charge in [0.05, 0.1) is 13.2 Å². The molecule has 0 saturated carbocycles. The van der Waals surface area contributed by atoms with Crippen molar-refractivity contribution in [3.05, 3.63) is 158 Å². The Morgan fingerprint density at radius 3 is 2.51 bits per heavy atom. The number of allylic oxidation sites excluding steroid dienone is 17. The standard InChI is InChI=1S/C34H26O/c1-3-21-7-9-25-11-13-27(29-17-15-23(5-1)31(21)33(25)29)19-35-20-28-14-12-26-10-8-22-4-2-6-24-16-18-30(28)34(26)32(22)24/h1-15,17-18,31,33-34H,16,19-20H2/t31-,33-,34-/m0/s1. The van der Waals surface area contributed by atoms with Crippen LogP contribution in [0.2, 0.25) is 0 Å². The van der Waals surface area contributed by atoms with Crippen molar-refractivity contribution in [3.8, 4) is 0 Å². The van der Waals surface area contributed by atoms with Crippen LogP contribution in [0.3, 0.4) is 0 Å². The van der Waals surface area contributed by atoms with Gasteiger partial charge in [-0.15, -0.1) is 0 Å². The number of hydrogen-bond donors (Lipinski definition) is 0. The van der Waals surface area contributed by atoms with E-state index in [0.29, 0.717) is 31.0 Å². The SMILES string of the molecule is C1=CC2=CC=C3C=CC(COCC4=CC=C5C=Cc6cccc7c6[C@@H]5C4=CC7)=C4C=CC(=C1)[C@H]2[C@@H]34. The summed E-state index contributed by atoms with van der Waals surface area (Å²) in [5.74, 6) is 1.24. The lowest BCUT2D eigenvalue weighted by molar-refractivity contribution is 0.181. The van der Waals surface area contributed by atoms with Crippen LogP contribution in [0.1, 0.15) is 22.6 Å². The molecule has 7 aliphatic rings. The molecular formula is C34H26O. The Morgan fingerprint density at radius 2 is 1.54 bits per heavy atom. The molecule has 35 heavy (non-hydrogen) atoms.